The van der Waals surface area contributed by atoms with E-state index in [0.29, 0.717) is 5.92 Å². The van der Waals surface area contributed by atoms with Gasteiger partial charge in [-0.3, -0.25) is 4.79 Å². The number of amides is 2. The molecule has 0 bridgehead atoms. The summed E-state index contributed by atoms with van der Waals surface area (Å²) in [6.45, 7) is 2.16. The summed E-state index contributed by atoms with van der Waals surface area (Å²) in [4.78, 5) is 33.2. The maximum absolute atomic E-state index is 11.8. The molecule has 0 saturated heterocycles. The van der Waals surface area contributed by atoms with E-state index in [1.54, 1.807) is 0 Å². The van der Waals surface area contributed by atoms with Crippen LogP contribution in [-0.2, 0) is 9.59 Å². The molecule has 1 unspecified atom stereocenters. The third-order valence-electron chi connectivity index (χ3n) is 4.01. The van der Waals surface area contributed by atoms with Crippen molar-refractivity contribution in [3.63, 3.8) is 0 Å². The Morgan fingerprint density at radius 1 is 1.14 bits per heavy atom. The molecule has 21 heavy (non-hydrogen) atoms. The summed E-state index contributed by atoms with van der Waals surface area (Å²) in [5.74, 6) is -1.59. The van der Waals surface area contributed by atoms with Crippen LogP contribution in [0.4, 0.5) is 4.79 Å². The summed E-state index contributed by atoms with van der Waals surface area (Å²) in [6, 6.07) is -1.64. The van der Waals surface area contributed by atoms with Crippen LogP contribution >= 0.6 is 0 Å². The first kappa shape index (κ1) is 17.3. The SMILES string of the molecule is CCC1CCC(NC(=O)NC(CCC(=O)O)C(=O)O)CC1. The second-order valence-corrected chi connectivity index (χ2v) is 5.57. The summed E-state index contributed by atoms with van der Waals surface area (Å²) in [6.07, 6.45) is 4.68. The van der Waals surface area contributed by atoms with E-state index in [2.05, 4.69) is 17.6 Å². The summed E-state index contributed by atoms with van der Waals surface area (Å²) in [5, 5.41) is 22.6. The van der Waals surface area contributed by atoms with Gasteiger partial charge in [-0.1, -0.05) is 13.3 Å². The van der Waals surface area contributed by atoms with E-state index in [1.165, 1.54) is 0 Å². The summed E-state index contributed by atoms with van der Waals surface area (Å²) < 4.78 is 0. The summed E-state index contributed by atoms with van der Waals surface area (Å²) in [7, 11) is 0. The molecule has 0 radical (unpaired) electrons. The molecule has 2 amide bonds. The Labute approximate surface area is 124 Å². The molecule has 0 aliphatic heterocycles. The van der Waals surface area contributed by atoms with Crippen LogP contribution in [0.5, 0.6) is 0 Å². The van der Waals surface area contributed by atoms with E-state index >= 15 is 0 Å². The lowest BCUT2D eigenvalue weighted by Crippen LogP contribution is -2.49. The minimum Gasteiger partial charge on any atom is -0.481 e. The maximum Gasteiger partial charge on any atom is 0.326 e. The predicted octanol–water partition coefficient (Wildman–Crippen LogP) is 1.57. The fourth-order valence-corrected chi connectivity index (χ4v) is 2.63. The number of hydrogen-bond acceptors (Lipinski definition) is 3. The molecule has 7 nitrogen and oxygen atoms in total. The van der Waals surface area contributed by atoms with Crippen LogP contribution in [0.15, 0.2) is 0 Å². The Balaban J connectivity index is 2.36. The van der Waals surface area contributed by atoms with Gasteiger partial charge in [0.1, 0.15) is 6.04 Å². The van der Waals surface area contributed by atoms with E-state index in [1.807, 2.05) is 0 Å². The lowest BCUT2D eigenvalue weighted by Gasteiger charge is -2.28. The quantitative estimate of drug-likeness (QED) is 0.569. The van der Waals surface area contributed by atoms with Gasteiger partial charge in [-0.25, -0.2) is 9.59 Å². The predicted molar refractivity (Wildman–Crippen MR) is 76.0 cm³/mol. The van der Waals surface area contributed by atoms with E-state index in [-0.39, 0.29) is 18.9 Å². The van der Waals surface area contributed by atoms with Gasteiger partial charge >= 0.3 is 18.0 Å². The van der Waals surface area contributed by atoms with Gasteiger partial charge in [0.15, 0.2) is 0 Å². The van der Waals surface area contributed by atoms with Gasteiger partial charge in [-0.05, 0) is 38.0 Å². The van der Waals surface area contributed by atoms with E-state index in [9.17, 15) is 14.4 Å². The first-order valence-electron chi connectivity index (χ1n) is 7.44. The number of rotatable bonds is 7. The second-order valence-electron chi connectivity index (χ2n) is 5.57. The van der Waals surface area contributed by atoms with Crippen LogP contribution in [0.3, 0.4) is 0 Å². The highest BCUT2D eigenvalue weighted by Crippen LogP contribution is 2.26. The minimum absolute atomic E-state index is 0.0710. The zero-order chi connectivity index (χ0) is 15.8. The molecule has 1 atom stereocenters. The molecule has 1 rings (SSSR count). The molecule has 0 aromatic rings. The van der Waals surface area contributed by atoms with E-state index in [4.69, 9.17) is 10.2 Å². The molecule has 1 saturated carbocycles. The number of carbonyl (C=O) groups excluding carboxylic acids is 1. The molecule has 1 aliphatic rings. The van der Waals surface area contributed by atoms with Crippen molar-refractivity contribution in [1.29, 1.82) is 0 Å². The van der Waals surface area contributed by atoms with Crippen LogP contribution in [0.1, 0.15) is 51.9 Å². The number of aliphatic carboxylic acids is 2. The van der Waals surface area contributed by atoms with Gasteiger partial charge in [0.25, 0.3) is 0 Å². The maximum atomic E-state index is 11.8. The van der Waals surface area contributed by atoms with Crippen molar-refractivity contribution in [1.82, 2.24) is 10.6 Å². The minimum atomic E-state index is -1.22. The molecule has 0 heterocycles. The first-order chi connectivity index (χ1) is 9.92. The number of carboxylic acids is 2. The standard InChI is InChI=1S/C14H24N2O5/c1-2-9-3-5-10(6-4-9)15-14(21)16-11(13(19)20)7-8-12(17)18/h9-11H,2-8H2,1H3,(H,17,18)(H,19,20)(H2,15,16,21). The number of carbonyl (C=O) groups is 3. The number of urea groups is 1. The monoisotopic (exact) mass is 300 g/mol. The van der Waals surface area contributed by atoms with Crippen LogP contribution in [-0.4, -0.2) is 40.3 Å². The molecule has 4 N–H and O–H groups in total. The van der Waals surface area contributed by atoms with Crippen molar-refractivity contribution in [2.24, 2.45) is 5.92 Å². The van der Waals surface area contributed by atoms with Gasteiger partial charge in [0.2, 0.25) is 0 Å². The summed E-state index contributed by atoms with van der Waals surface area (Å²) in [5.41, 5.74) is 0. The number of nitrogens with one attached hydrogen (secondary N) is 2. The highest BCUT2D eigenvalue weighted by atomic mass is 16.4. The Morgan fingerprint density at radius 3 is 2.24 bits per heavy atom. The van der Waals surface area contributed by atoms with Gasteiger partial charge in [0, 0.05) is 12.5 Å². The van der Waals surface area contributed by atoms with Crippen LogP contribution in [0.2, 0.25) is 0 Å². The zero-order valence-corrected chi connectivity index (χ0v) is 12.3. The third kappa shape index (κ3) is 6.46. The molecule has 7 heteroatoms. The highest BCUT2D eigenvalue weighted by molar-refractivity contribution is 5.83. The molecule has 1 aliphatic carbocycles. The summed E-state index contributed by atoms with van der Waals surface area (Å²) >= 11 is 0. The Kier molecular flexibility index (Phi) is 6.98. The Bertz CT molecular complexity index is 378. The lowest BCUT2D eigenvalue weighted by molar-refractivity contribution is -0.140. The largest absolute Gasteiger partial charge is 0.481 e. The number of carboxylic acid groups (broad SMARTS) is 2. The highest BCUT2D eigenvalue weighted by Gasteiger charge is 2.24. The van der Waals surface area contributed by atoms with Crippen molar-refractivity contribution >= 4 is 18.0 Å². The molecular weight excluding hydrogens is 276 g/mol. The van der Waals surface area contributed by atoms with Crippen LogP contribution < -0.4 is 10.6 Å². The smallest absolute Gasteiger partial charge is 0.326 e. The lowest BCUT2D eigenvalue weighted by atomic mass is 9.85. The van der Waals surface area contributed by atoms with E-state index < -0.39 is 24.0 Å². The van der Waals surface area contributed by atoms with Crippen molar-refractivity contribution in [3.8, 4) is 0 Å². The van der Waals surface area contributed by atoms with Crippen LogP contribution in [0.25, 0.3) is 0 Å². The molecule has 120 valence electrons. The average molecular weight is 300 g/mol. The van der Waals surface area contributed by atoms with Crippen molar-refractivity contribution in [2.75, 3.05) is 0 Å². The second kappa shape index (κ2) is 8.49. The van der Waals surface area contributed by atoms with Gasteiger partial charge < -0.3 is 20.8 Å². The third-order valence-corrected chi connectivity index (χ3v) is 4.01. The normalized spacial score (nSPS) is 23.1. The van der Waals surface area contributed by atoms with Crippen molar-refractivity contribution < 1.29 is 24.6 Å². The first-order valence-corrected chi connectivity index (χ1v) is 7.44. The molecular formula is C14H24N2O5. The number of hydrogen-bond donors (Lipinski definition) is 4. The Hall–Kier alpha value is -1.79. The van der Waals surface area contributed by atoms with Crippen molar-refractivity contribution in [2.45, 2.75) is 64.0 Å². The zero-order valence-electron chi connectivity index (χ0n) is 12.3. The van der Waals surface area contributed by atoms with Gasteiger partial charge in [0.05, 0.1) is 0 Å². The van der Waals surface area contributed by atoms with Crippen LogP contribution in [0, 0.1) is 5.92 Å². The average Bonchev–Trinajstić information content (AvgIpc) is 2.43. The molecule has 0 spiro atoms. The molecule has 0 aromatic heterocycles. The van der Waals surface area contributed by atoms with Crippen molar-refractivity contribution in [3.05, 3.63) is 0 Å². The fourth-order valence-electron chi connectivity index (χ4n) is 2.63. The van der Waals surface area contributed by atoms with E-state index in [0.717, 1.165) is 32.1 Å². The topological polar surface area (TPSA) is 116 Å². The Morgan fingerprint density at radius 2 is 1.76 bits per heavy atom. The fraction of sp³-hybridized carbons (Fsp3) is 0.786. The van der Waals surface area contributed by atoms with Gasteiger partial charge in [-0.2, -0.15) is 0 Å². The molecule has 1 fully saturated rings. The van der Waals surface area contributed by atoms with Gasteiger partial charge in [-0.15, -0.1) is 0 Å². The molecule has 0 aromatic carbocycles.